The van der Waals surface area contributed by atoms with Crippen molar-refractivity contribution in [2.24, 2.45) is 0 Å². The van der Waals surface area contributed by atoms with Crippen molar-refractivity contribution in [3.8, 4) is 11.5 Å². The number of esters is 1. The topological polar surface area (TPSA) is 105 Å². The molecule has 1 aliphatic heterocycles. The minimum atomic E-state index is -0.669. The highest BCUT2D eigenvalue weighted by atomic mass is 16.7. The number of rotatable bonds is 5. The van der Waals surface area contributed by atoms with Crippen LogP contribution in [-0.2, 0) is 16.1 Å². The average molecular weight is 369 g/mol. The van der Waals surface area contributed by atoms with Crippen LogP contribution in [0.15, 0.2) is 42.5 Å². The molecule has 2 aromatic carbocycles. The van der Waals surface area contributed by atoms with Gasteiger partial charge in [0.15, 0.2) is 12.6 Å². The van der Waals surface area contributed by atoms with Gasteiger partial charge in [0.05, 0.1) is 11.5 Å². The molecule has 0 spiro atoms. The molecule has 0 saturated carbocycles. The van der Waals surface area contributed by atoms with Crippen LogP contribution in [0.2, 0.25) is 0 Å². The Morgan fingerprint density at radius 1 is 1.22 bits per heavy atom. The minimum absolute atomic E-state index is 0.0264. The fraction of sp³-hybridized carbons (Fsp3) is 0.158. The first-order valence-electron chi connectivity index (χ1n) is 7.97. The highest BCUT2D eigenvalue weighted by Gasteiger charge is 2.20. The number of hydrogen-bond acceptors (Lipinski definition) is 7. The van der Waals surface area contributed by atoms with Crippen molar-refractivity contribution >= 4 is 23.5 Å². The fourth-order valence-corrected chi connectivity index (χ4v) is 2.53. The van der Waals surface area contributed by atoms with Gasteiger partial charge in [0, 0.05) is 34.9 Å². The molecule has 0 aromatic heterocycles. The van der Waals surface area contributed by atoms with Gasteiger partial charge in [-0.05, 0) is 37.3 Å². The largest absolute Gasteiger partial charge is 0.467 e. The van der Waals surface area contributed by atoms with E-state index >= 15 is 0 Å². The van der Waals surface area contributed by atoms with Crippen molar-refractivity contribution in [3.05, 3.63) is 69.3 Å². The van der Waals surface area contributed by atoms with E-state index in [0.717, 1.165) is 6.08 Å². The lowest BCUT2D eigenvalue weighted by molar-refractivity contribution is -0.385. The van der Waals surface area contributed by atoms with Crippen LogP contribution in [0.25, 0.3) is 6.08 Å². The normalized spacial score (nSPS) is 12.9. The first-order valence-corrected chi connectivity index (χ1v) is 7.97. The number of benzene rings is 2. The number of ketones is 1. The highest BCUT2D eigenvalue weighted by molar-refractivity contribution is 5.94. The lowest BCUT2D eigenvalue weighted by atomic mass is 10.1. The number of nitro benzene ring substituents is 1. The van der Waals surface area contributed by atoms with Crippen LogP contribution in [0.4, 0.5) is 5.69 Å². The Morgan fingerprint density at radius 3 is 2.63 bits per heavy atom. The SMILES string of the molecule is CC(=O)c1ccc(OC(=O)/C=C/c2cc([N+](=O)[O-])cc3c2OCOC3)cc1. The van der Waals surface area contributed by atoms with Gasteiger partial charge in [0.2, 0.25) is 0 Å². The van der Waals surface area contributed by atoms with Gasteiger partial charge in [0.1, 0.15) is 11.5 Å². The predicted octanol–water partition coefficient (Wildman–Crippen LogP) is 3.28. The van der Waals surface area contributed by atoms with Crippen molar-refractivity contribution < 1.29 is 28.7 Å². The molecule has 0 bridgehead atoms. The summed E-state index contributed by atoms with van der Waals surface area (Å²) in [7, 11) is 0. The van der Waals surface area contributed by atoms with Crippen molar-refractivity contribution in [2.45, 2.75) is 13.5 Å². The first kappa shape index (κ1) is 18.3. The van der Waals surface area contributed by atoms with E-state index in [1.165, 1.54) is 37.3 Å². The first-order chi connectivity index (χ1) is 12.9. The molecule has 8 nitrogen and oxygen atoms in total. The highest BCUT2D eigenvalue weighted by Crippen LogP contribution is 2.33. The van der Waals surface area contributed by atoms with E-state index in [1.54, 1.807) is 12.1 Å². The number of fused-ring (bicyclic) bond motifs is 1. The van der Waals surface area contributed by atoms with Crippen LogP contribution in [0.5, 0.6) is 11.5 Å². The Bertz CT molecular complexity index is 932. The van der Waals surface area contributed by atoms with Crippen LogP contribution in [0, 0.1) is 10.1 Å². The Kier molecular flexibility index (Phi) is 5.28. The molecule has 0 saturated heterocycles. The van der Waals surface area contributed by atoms with Gasteiger partial charge in [-0.3, -0.25) is 14.9 Å². The number of carbonyl (C=O) groups is 2. The molecule has 3 rings (SSSR count). The third-order valence-corrected chi connectivity index (χ3v) is 3.81. The summed E-state index contributed by atoms with van der Waals surface area (Å²) in [5.41, 5.74) is 1.29. The van der Waals surface area contributed by atoms with Crippen LogP contribution in [-0.4, -0.2) is 23.5 Å². The zero-order chi connectivity index (χ0) is 19.4. The maximum Gasteiger partial charge on any atom is 0.336 e. The maximum absolute atomic E-state index is 12.0. The van der Waals surface area contributed by atoms with Crippen LogP contribution in [0.1, 0.15) is 28.4 Å². The number of carbonyl (C=O) groups excluding carboxylic acids is 2. The number of nitro groups is 1. The molecule has 0 amide bonds. The van der Waals surface area contributed by atoms with E-state index in [1.807, 2.05) is 0 Å². The van der Waals surface area contributed by atoms with Gasteiger partial charge in [0.25, 0.3) is 5.69 Å². The molecule has 138 valence electrons. The Labute approximate surface area is 154 Å². The zero-order valence-corrected chi connectivity index (χ0v) is 14.3. The summed E-state index contributed by atoms with van der Waals surface area (Å²) in [5.74, 6) is -0.0489. The van der Waals surface area contributed by atoms with E-state index in [-0.39, 0.29) is 30.6 Å². The lowest BCUT2D eigenvalue weighted by Crippen LogP contribution is -2.13. The summed E-state index contributed by atoms with van der Waals surface area (Å²) in [4.78, 5) is 33.8. The monoisotopic (exact) mass is 369 g/mol. The quantitative estimate of drug-likeness (QED) is 0.199. The van der Waals surface area contributed by atoms with Crippen molar-refractivity contribution in [2.75, 3.05) is 6.79 Å². The van der Waals surface area contributed by atoms with Crippen LogP contribution < -0.4 is 9.47 Å². The number of ether oxygens (including phenoxy) is 3. The second-order valence-electron chi connectivity index (χ2n) is 5.73. The molecule has 0 N–H and O–H groups in total. The van der Waals surface area contributed by atoms with Crippen molar-refractivity contribution in [3.63, 3.8) is 0 Å². The number of non-ortho nitro benzene ring substituents is 1. The number of nitrogens with zero attached hydrogens (tertiary/aromatic N) is 1. The number of hydrogen-bond donors (Lipinski definition) is 0. The standard InChI is InChI=1S/C19H15NO7/c1-12(21)13-2-5-17(6-3-13)27-18(22)7-4-14-8-16(20(23)24)9-15-10-25-11-26-19(14)15/h2-9H,10-11H2,1H3/b7-4+. The van der Waals surface area contributed by atoms with Crippen molar-refractivity contribution in [1.29, 1.82) is 0 Å². The molecule has 0 fully saturated rings. The Morgan fingerprint density at radius 2 is 1.96 bits per heavy atom. The maximum atomic E-state index is 12.0. The molecule has 8 heteroatoms. The van der Waals surface area contributed by atoms with E-state index in [9.17, 15) is 19.7 Å². The zero-order valence-electron chi connectivity index (χ0n) is 14.3. The molecule has 27 heavy (non-hydrogen) atoms. The molecule has 0 atom stereocenters. The van der Waals surface area contributed by atoms with E-state index in [4.69, 9.17) is 14.2 Å². The lowest BCUT2D eigenvalue weighted by Gasteiger charge is -2.19. The molecule has 0 unspecified atom stereocenters. The summed E-state index contributed by atoms with van der Waals surface area (Å²) in [6, 6.07) is 8.82. The number of Topliss-reactive ketones (excluding diaryl/α,β-unsaturated/α-hetero) is 1. The van der Waals surface area contributed by atoms with Gasteiger partial charge in [-0.25, -0.2) is 4.79 Å². The fourth-order valence-electron chi connectivity index (χ4n) is 2.53. The molecule has 1 heterocycles. The summed E-state index contributed by atoms with van der Waals surface area (Å²) in [5, 5.41) is 11.1. The van der Waals surface area contributed by atoms with Crippen LogP contribution >= 0.6 is 0 Å². The van der Waals surface area contributed by atoms with Gasteiger partial charge >= 0.3 is 5.97 Å². The van der Waals surface area contributed by atoms with Gasteiger partial charge in [-0.1, -0.05) is 0 Å². The van der Waals surface area contributed by atoms with E-state index in [2.05, 4.69) is 0 Å². The minimum Gasteiger partial charge on any atom is -0.467 e. The summed E-state index contributed by atoms with van der Waals surface area (Å²) in [6.45, 7) is 1.65. The second-order valence-corrected chi connectivity index (χ2v) is 5.73. The van der Waals surface area contributed by atoms with Crippen molar-refractivity contribution in [1.82, 2.24) is 0 Å². The summed E-state index contributed by atoms with van der Waals surface area (Å²) in [6.07, 6.45) is 2.54. The van der Waals surface area contributed by atoms with E-state index < -0.39 is 10.9 Å². The third kappa shape index (κ3) is 4.36. The van der Waals surface area contributed by atoms with Gasteiger partial charge in [-0.2, -0.15) is 0 Å². The van der Waals surface area contributed by atoms with E-state index in [0.29, 0.717) is 22.4 Å². The summed E-state index contributed by atoms with van der Waals surface area (Å²) < 4.78 is 15.7. The predicted molar refractivity (Wildman–Crippen MR) is 94.5 cm³/mol. The Balaban J connectivity index is 1.78. The van der Waals surface area contributed by atoms with Gasteiger partial charge in [-0.15, -0.1) is 0 Å². The molecule has 0 aliphatic carbocycles. The molecule has 1 aliphatic rings. The third-order valence-electron chi connectivity index (χ3n) is 3.81. The molecular formula is C19H15NO7. The summed E-state index contributed by atoms with van der Waals surface area (Å²) >= 11 is 0. The average Bonchev–Trinajstić information content (AvgIpc) is 2.66. The van der Waals surface area contributed by atoms with Gasteiger partial charge < -0.3 is 14.2 Å². The molecular weight excluding hydrogens is 354 g/mol. The smallest absolute Gasteiger partial charge is 0.336 e. The second kappa shape index (κ2) is 7.79. The Hall–Kier alpha value is -3.52. The molecule has 2 aromatic rings. The molecule has 0 radical (unpaired) electrons. The van der Waals surface area contributed by atoms with Crippen LogP contribution in [0.3, 0.4) is 0 Å².